The fourth-order valence-corrected chi connectivity index (χ4v) is 6.12. The summed E-state index contributed by atoms with van der Waals surface area (Å²) in [5, 5.41) is 7.18. The predicted molar refractivity (Wildman–Crippen MR) is 161 cm³/mol. The van der Waals surface area contributed by atoms with Crippen LogP contribution in [0.1, 0.15) is 81.3 Å². The van der Waals surface area contributed by atoms with E-state index in [2.05, 4.69) is 34.1 Å². The third-order valence-corrected chi connectivity index (χ3v) is 8.40. The van der Waals surface area contributed by atoms with Crippen LogP contribution in [-0.4, -0.2) is 97.1 Å². The average molecular weight is 595 g/mol. The number of piperidine rings is 1. The predicted octanol–water partition coefficient (Wildman–Crippen LogP) is 5.31. The molecule has 3 fully saturated rings. The second-order valence-electron chi connectivity index (χ2n) is 11.9. The van der Waals surface area contributed by atoms with Crippen molar-refractivity contribution in [3.63, 3.8) is 0 Å². The Balaban J connectivity index is 0.00000129. The molecule has 3 aliphatic heterocycles. The lowest BCUT2D eigenvalue weighted by atomic mass is 10.0. The smallest absolute Gasteiger partial charge is 0.380 e. The first-order chi connectivity index (χ1) is 20.2. The fourth-order valence-electron chi connectivity index (χ4n) is 6.12. The van der Waals surface area contributed by atoms with E-state index in [1.54, 1.807) is 13.1 Å². The standard InChI is InChI=1S/C28H41F3N6O2.C3H8/c1-34-24-20-22(37-10-4-2-3-5-11-37)19-23(28(29,30)31)25(24)26(33-34)27(38)32-21-7-12-36(13-8-21)15-14-35-9-6-17-39-18-16-35;1-3-2/h19-21H,2-18H2,1H3,(H,32,38);3H2,1-2H3. The minimum Gasteiger partial charge on any atom is -0.380 e. The van der Waals surface area contributed by atoms with Crippen LogP contribution in [0, 0.1) is 0 Å². The number of amides is 1. The number of ether oxygens (including phenoxy) is 1. The molecule has 8 nitrogen and oxygen atoms in total. The van der Waals surface area contributed by atoms with E-state index in [1.807, 2.05) is 4.90 Å². The highest BCUT2D eigenvalue weighted by molar-refractivity contribution is 6.07. The lowest BCUT2D eigenvalue weighted by Crippen LogP contribution is -2.46. The number of alkyl halides is 3. The van der Waals surface area contributed by atoms with Crippen LogP contribution in [0.3, 0.4) is 0 Å². The molecule has 42 heavy (non-hydrogen) atoms. The molecule has 0 spiro atoms. The molecule has 3 aliphatic rings. The third-order valence-electron chi connectivity index (χ3n) is 8.40. The van der Waals surface area contributed by atoms with Gasteiger partial charge in [-0.2, -0.15) is 18.3 Å². The first kappa shape index (κ1) is 32.5. The molecular weight excluding hydrogens is 545 g/mol. The van der Waals surface area contributed by atoms with E-state index >= 15 is 0 Å². The Labute approximate surface area is 248 Å². The summed E-state index contributed by atoms with van der Waals surface area (Å²) in [6.07, 6.45) is 3.36. The molecule has 1 aromatic heterocycles. The van der Waals surface area contributed by atoms with Crippen molar-refractivity contribution in [1.29, 1.82) is 0 Å². The lowest BCUT2D eigenvalue weighted by molar-refractivity contribution is -0.136. The van der Waals surface area contributed by atoms with Gasteiger partial charge in [0.1, 0.15) is 0 Å². The summed E-state index contributed by atoms with van der Waals surface area (Å²) in [6.45, 7) is 13.0. The van der Waals surface area contributed by atoms with Crippen molar-refractivity contribution in [2.45, 2.75) is 77.4 Å². The first-order valence-corrected chi connectivity index (χ1v) is 15.9. The van der Waals surface area contributed by atoms with Gasteiger partial charge in [-0.1, -0.05) is 33.1 Å². The molecule has 5 rings (SSSR count). The maximum Gasteiger partial charge on any atom is 0.417 e. The van der Waals surface area contributed by atoms with Crippen molar-refractivity contribution in [3.05, 3.63) is 23.4 Å². The van der Waals surface area contributed by atoms with Crippen LogP contribution < -0.4 is 10.2 Å². The normalized spacial score (nSPS) is 20.1. The zero-order valence-corrected chi connectivity index (χ0v) is 25.6. The Kier molecular flexibility index (Phi) is 11.9. The number of carbonyl (C=O) groups excluding carboxylic acids is 1. The van der Waals surface area contributed by atoms with E-state index in [0.717, 1.165) is 111 Å². The van der Waals surface area contributed by atoms with E-state index in [1.165, 1.54) is 17.2 Å². The fraction of sp³-hybridized carbons (Fsp3) is 0.742. The van der Waals surface area contributed by atoms with Gasteiger partial charge < -0.3 is 19.9 Å². The first-order valence-electron chi connectivity index (χ1n) is 15.9. The quantitative estimate of drug-likeness (QED) is 0.490. The van der Waals surface area contributed by atoms with E-state index in [4.69, 9.17) is 4.74 Å². The van der Waals surface area contributed by atoms with Crippen molar-refractivity contribution in [3.8, 4) is 0 Å². The zero-order chi connectivity index (χ0) is 30.1. The molecule has 0 radical (unpaired) electrons. The van der Waals surface area contributed by atoms with E-state index < -0.39 is 17.6 Å². The van der Waals surface area contributed by atoms with Crippen molar-refractivity contribution < 1.29 is 22.7 Å². The largest absolute Gasteiger partial charge is 0.417 e. The van der Waals surface area contributed by atoms with Gasteiger partial charge in [0.2, 0.25) is 0 Å². The van der Waals surface area contributed by atoms with E-state index in [9.17, 15) is 18.0 Å². The van der Waals surface area contributed by atoms with E-state index in [-0.39, 0.29) is 17.1 Å². The highest BCUT2D eigenvalue weighted by Gasteiger charge is 2.37. The molecule has 236 valence electrons. The Morgan fingerprint density at radius 1 is 0.929 bits per heavy atom. The number of anilines is 1. The number of nitrogens with one attached hydrogen (secondary N) is 1. The number of aromatic nitrogens is 2. The van der Waals surface area contributed by atoms with Crippen molar-refractivity contribution in [2.24, 2.45) is 7.05 Å². The van der Waals surface area contributed by atoms with Crippen molar-refractivity contribution in [2.75, 3.05) is 70.5 Å². The molecule has 3 saturated heterocycles. The number of benzene rings is 1. The Hall–Kier alpha value is -2.37. The topological polar surface area (TPSA) is 65.9 Å². The second kappa shape index (κ2) is 15.4. The van der Waals surface area contributed by atoms with Crippen molar-refractivity contribution in [1.82, 2.24) is 24.9 Å². The monoisotopic (exact) mass is 594 g/mol. The maximum absolute atomic E-state index is 14.3. The number of fused-ring (bicyclic) bond motifs is 1. The Bertz CT molecular complexity index is 1130. The van der Waals surface area contributed by atoms with Gasteiger partial charge in [0.05, 0.1) is 17.7 Å². The zero-order valence-electron chi connectivity index (χ0n) is 25.6. The molecule has 0 saturated carbocycles. The minimum absolute atomic E-state index is 0.0805. The SMILES string of the molecule is CCC.Cn1nc(C(=O)NC2CCN(CCN3CCCOCC3)CC2)c2c(C(F)(F)F)cc(N3CCCCCC3)cc21. The molecule has 1 aromatic carbocycles. The molecule has 0 aliphatic carbocycles. The molecule has 2 aromatic rings. The summed E-state index contributed by atoms with van der Waals surface area (Å²) in [7, 11) is 1.61. The van der Waals surface area contributed by atoms with Gasteiger partial charge in [-0.25, -0.2) is 0 Å². The third kappa shape index (κ3) is 8.60. The van der Waals surface area contributed by atoms with Gasteiger partial charge in [-0.3, -0.25) is 14.4 Å². The summed E-state index contributed by atoms with van der Waals surface area (Å²) in [5.74, 6) is -0.531. The molecule has 0 bridgehead atoms. The molecule has 0 atom stereocenters. The van der Waals surface area contributed by atoms with Crippen LogP contribution in [-0.2, 0) is 18.0 Å². The van der Waals surface area contributed by atoms with E-state index in [0.29, 0.717) is 11.2 Å². The number of halogens is 3. The highest BCUT2D eigenvalue weighted by Crippen LogP contribution is 2.39. The van der Waals surface area contributed by atoms with Gasteiger partial charge in [-0.05, 0) is 44.2 Å². The summed E-state index contributed by atoms with van der Waals surface area (Å²) < 4.78 is 49.9. The molecular formula is C31H49F3N6O2. The maximum atomic E-state index is 14.3. The van der Waals surface area contributed by atoms with Gasteiger partial charge in [0, 0.05) is 83.1 Å². The van der Waals surface area contributed by atoms with Crippen LogP contribution >= 0.6 is 0 Å². The number of rotatable bonds is 6. The highest BCUT2D eigenvalue weighted by atomic mass is 19.4. The number of hydrogen-bond acceptors (Lipinski definition) is 6. The van der Waals surface area contributed by atoms with Gasteiger partial charge in [0.25, 0.3) is 5.91 Å². The molecule has 11 heteroatoms. The number of hydrogen-bond donors (Lipinski definition) is 1. The van der Waals surface area contributed by atoms with Crippen molar-refractivity contribution >= 4 is 22.5 Å². The molecule has 4 heterocycles. The molecule has 1 amide bonds. The Morgan fingerprint density at radius 3 is 2.21 bits per heavy atom. The van der Waals surface area contributed by atoms with Crippen LogP contribution in [0.2, 0.25) is 0 Å². The van der Waals surface area contributed by atoms with Gasteiger partial charge >= 0.3 is 6.18 Å². The summed E-state index contributed by atoms with van der Waals surface area (Å²) in [6, 6.07) is 2.89. The Morgan fingerprint density at radius 2 is 1.57 bits per heavy atom. The van der Waals surface area contributed by atoms with Crippen LogP contribution in [0.25, 0.3) is 10.9 Å². The summed E-state index contributed by atoms with van der Waals surface area (Å²) in [4.78, 5) is 20.2. The number of carbonyl (C=O) groups is 1. The lowest BCUT2D eigenvalue weighted by Gasteiger charge is -2.33. The average Bonchev–Trinajstić information content (AvgIpc) is 3.20. The molecule has 1 N–H and O–H groups in total. The minimum atomic E-state index is -4.59. The van der Waals surface area contributed by atoms with Crippen LogP contribution in [0.5, 0.6) is 0 Å². The van der Waals surface area contributed by atoms with Crippen LogP contribution in [0.15, 0.2) is 12.1 Å². The number of nitrogens with zero attached hydrogens (tertiary/aromatic N) is 5. The second-order valence-corrected chi connectivity index (χ2v) is 11.9. The molecule has 0 unspecified atom stereocenters. The number of aryl methyl sites for hydroxylation is 1. The summed E-state index contributed by atoms with van der Waals surface area (Å²) >= 11 is 0. The number of likely N-dealkylation sites (tertiary alicyclic amines) is 1. The van der Waals surface area contributed by atoms with Gasteiger partial charge in [-0.15, -0.1) is 0 Å². The van der Waals surface area contributed by atoms with Crippen LogP contribution in [0.4, 0.5) is 18.9 Å². The van der Waals surface area contributed by atoms with Gasteiger partial charge in [0.15, 0.2) is 5.69 Å². The summed E-state index contributed by atoms with van der Waals surface area (Å²) in [5.41, 5.74) is -0.0472.